The second kappa shape index (κ2) is 8.17. The summed E-state index contributed by atoms with van der Waals surface area (Å²) in [5.74, 6) is -1.08. The Morgan fingerprint density at radius 2 is 1.85 bits per heavy atom. The maximum absolute atomic E-state index is 12.2. The molecule has 9 heteroatoms. The molecular formula is C18H22N4O5. The van der Waals surface area contributed by atoms with E-state index in [0.29, 0.717) is 11.4 Å². The average Bonchev–Trinajstić information content (AvgIpc) is 2.85. The van der Waals surface area contributed by atoms with Crippen LogP contribution in [0.2, 0.25) is 0 Å². The van der Waals surface area contributed by atoms with E-state index >= 15 is 0 Å². The van der Waals surface area contributed by atoms with Crippen LogP contribution in [0.15, 0.2) is 30.0 Å². The molecule has 0 saturated carbocycles. The Bertz CT molecular complexity index is 784. The van der Waals surface area contributed by atoms with Gasteiger partial charge in [-0.25, -0.2) is 0 Å². The van der Waals surface area contributed by atoms with E-state index in [9.17, 15) is 19.7 Å². The normalized spacial score (nSPS) is 17.7. The molecule has 2 amide bonds. The van der Waals surface area contributed by atoms with E-state index in [-0.39, 0.29) is 24.5 Å². The lowest BCUT2D eigenvalue weighted by Crippen LogP contribution is -2.34. The number of amides is 2. The predicted molar refractivity (Wildman–Crippen MR) is 99.3 cm³/mol. The highest BCUT2D eigenvalue weighted by Gasteiger charge is 2.31. The molecule has 2 heterocycles. The van der Waals surface area contributed by atoms with E-state index < -0.39 is 16.7 Å². The molecule has 3 rings (SSSR count). The van der Waals surface area contributed by atoms with Crippen LogP contribution in [-0.4, -0.2) is 53.0 Å². The standard InChI is InChI=1S/C18H22N4O5/c23-10-9-21-17(24)12-14(18(21)25)19-13-5-6-15(16(11-13)22(26)27)20-7-3-1-2-4-8-20/h5-6,11-12,19,23H,1-4,7-10H2. The number of aliphatic hydroxyl groups excluding tert-OH is 1. The number of carbonyl (C=O) groups excluding carboxylic acids is 2. The summed E-state index contributed by atoms with van der Waals surface area (Å²) >= 11 is 0. The number of hydrogen-bond donors (Lipinski definition) is 2. The first-order chi connectivity index (χ1) is 13.0. The number of nitro groups is 1. The van der Waals surface area contributed by atoms with Crippen LogP contribution in [-0.2, 0) is 9.59 Å². The predicted octanol–water partition coefficient (Wildman–Crippen LogP) is 1.63. The average molecular weight is 374 g/mol. The first-order valence-corrected chi connectivity index (χ1v) is 9.00. The molecule has 0 radical (unpaired) electrons. The van der Waals surface area contributed by atoms with Crippen molar-refractivity contribution in [3.63, 3.8) is 0 Å². The largest absolute Gasteiger partial charge is 0.395 e. The zero-order chi connectivity index (χ0) is 19.4. The van der Waals surface area contributed by atoms with E-state index in [2.05, 4.69) is 5.32 Å². The van der Waals surface area contributed by atoms with Crippen molar-refractivity contribution in [3.8, 4) is 0 Å². The lowest BCUT2D eigenvalue weighted by Gasteiger charge is -2.22. The van der Waals surface area contributed by atoms with Crippen molar-refractivity contribution in [2.45, 2.75) is 25.7 Å². The molecule has 0 bridgehead atoms. The minimum atomic E-state index is -0.562. The summed E-state index contributed by atoms with van der Waals surface area (Å²) in [7, 11) is 0. The fourth-order valence-electron chi connectivity index (χ4n) is 3.39. The maximum Gasteiger partial charge on any atom is 0.294 e. The van der Waals surface area contributed by atoms with Crippen molar-refractivity contribution >= 4 is 28.9 Å². The summed E-state index contributed by atoms with van der Waals surface area (Å²) in [6, 6.07) is 4.73. The van der Waals surface area contributed by atoms with E-state index in [0.717, 1.165) is 49.7 Å². The molecule has 2 aliphatic rings. The molecule has 144 valence electrons. The highest BCUT2D eigenvalue weighted by molar-refractivity contribution is 6.17. The van der Waals surface area contributed by atoms with Crippen molar-refractivity contribution in [3.05, 3.63) is 40.1 Å². The number of nitrogens with one attached hydrogen (secondary N) is 1. The van der Waals surface area contributed by atoms with Gasteiger partial charge in [-0.15, -0.1) is 0 Å². The quantitative estimate of drug-likeness (QED) is 0.442. The minimum Gasteiger partial charge on any atom is -0.395 e. The molecule has 1 saturated heterocycles. The monoisotopic (exact) mass is 374 g/mol. The van der Waals surface area contributed by atoms with Crippen molar-refractivity contribution in [2.24, 2.45) is 0 Å². The number of hydrogen-bond acceptors (Lipinski definition) is 7. The number of aliphatic hydroxyl groups is 1. The third-order valence-electron chi connectivity index (χ3n) is 4.73. The summed E-state index contributed by atoms with van der Waals surface area (Å²) in [5, 5.41) is 23.3. The van der Waals surface area contributed by atoms with Gasteiger partial charge in [0.25, 0.3) is 17.5 Å². The minimum absolute atomic E-state index is 0.0327. The van der Waals surface area contributed by atoms with Crippen molar-refractivity contribution in [2.75, 3.05) is 36.5 Å². The van der Waals surface area contributed by atoms with Crippen molar-refractivity contribution in [1.82, 2.24) is 4.90 Å². The third-order valence-corrected chi connectivity index (χ3v) is 4.73. The summed E-state index contributed by atoms with van der Waals surface area (Å²) in [4.78, 5) is 38.1. The van der Waals surface area contributed by atoms with Gasteiger partial charge in [-0.1, -0.05) is 12.8 Å². The molecule has 0 spiro atoms. The van der Waals surface area contributed by atoms with Crippen LogP contribution in [0.25, 0.3) is 0 Å². The first kappa shape index (κ1) is 18.8. The van der Waals surface area contributed by atoms with E-state index in [1.165, 1.54) is 6.07 Å². The van der Waals surface area contributed by atoms with E-state index in [4.69, 9.17) is 5.11 Å². The topological polar surface area (TPSA) is 116 Å². The van der Waals surface area contributed by atoms with Gasteiger partial charge in [-0.05, 0) is 25.0 Å². The Balaban J connectivity index is 1.82. The number of rotatable bonds is 6. The van der Waals surface area contributed by atoms with Crippen molar-refractivity contribution < 1.29 is 19.6 Å². The zero-order valence-corrected chi connectivity index (χ0v) is 14.9. The Morgan fingerprint density at radius 3 is 2.48 bits per heavy atom. The second-order valence-electron chi connectivity index (χ2n) is 6.56. The SMILES string of the molecule is O=C1C=C(Nc2ccc(N3CCCCCC3)c([N+](=O)[O-])c2)C(=O)N1CCO. The van der Waals surface area contributed by atoms with Gasteiger partial charge < -0.3 is 15.3 Å². The first-order valence-electron chi connectivity index (χ1n) is 9.00. The van der Waals surface area contributed by atoms with Gasteiger partial charge in [0.15, 0.2) is 0 Å². The van der Waals surface area contributed by atoms with Crippen LogP contribution in [0.5, 0.6) is 0 Å². The molecular weight excluding hydrogens is 352 g/mol. The molecule has 0 unspecified atom stereocenters. The molecule has 0 aromatic heterocycles. The zero-order valence-electron chi connectivity index (χ0n) is 14.9. The van der Waals surface area contributed by atoms with E-state index in [1.54, 1.807) is 12.1 Å². The van der Waals surface area contributed by atoms with Gasteiger partial charge in [-0.3, -0.25) is 24.6 Å². The molecule has 1 aromatic carbocycles. The van der Waals surface area contributed by atoms with Gasteiger partial charge in [-0.2, -0.15) is 0 Å². The molecule has 2 N–H and O–H groups in total. The highest BCUT2D eigenvalue weighted by atomic mass is 16.6. The molecule has 2 aliphatic heterocycles. The molecule has 0 atom stereocenters. The summed E-state index contributed by atoms with van der Waals surface area (Å²) < 4.78 is 0. The third kappa shape index (κ3) is 4.08. The fraction of sp³-hybridized carbons (Fsp3) is 0.444. The Kier molecular flexibility index (Phi) is 5.70. The second-order valence-corrected chi connectivity index (χ2v) is 6.56. The molecule has 0 aliphatic carbocycles. The smallest absolute Gasteiger partial charge is 0.294 e. The number of benzene rings is 1. The Hall–Kier alpha value is -2.94. The van der Waals surface area contributed by atoms with Crippen LogP contribution in [0.3, 0.4) is 0 Å². The van der Waals surface area contributed by atoms with E-state index in [1.807, 2.05) is 4.90 Å². The summed E-state index contributed by atoms with van der Waals surface area (Å²) in [6.45, 7) is 1.14. The molecule has 1 aromatic rings. The number of β-amino-alcohol motifs (C(OH)–C–C–N with tert-alkyl or cyclic N) is 1. The maximum atomic E-state index is 12.2. The van der Waals surface area contributed by atoms with Crippen LogP contribution in [0, 0.1) is 10.1 Å². The lowest BCUT2D eigenvalue weighted by molar-refractivity contribution is -0.384. The molecule has 27 heavy (non-hydrogen) atoms. The number of nitrogens with zero attached hydrogens (tertiary/aromatic N) is 3. The van der Waals surface area contributed by atoms with Gasteiger partial charge in [0.1, 0.15) is 11.4 Å². The summed E-state index contributed by atoms with van der Waals surface area (Å²) in [6.07, 6.45) is 5.38. The lowest BCUT2D eigenvalue weighted by atomic mass is 10.2. The number of nitro benzene ring substituents is 1. The molecule has 9 nitrogen and oxygen atoms in total. The Morgan fingerprint density at radius 1 is 1.15 bits per heavy atom. The van der Waals surface area contributed by atoms with Crippen LogP contribution >= 0.6 is 0 Å². The molecule has 1 fully saturated rings. The Labute approximate surface area is 156 Å². The fourth-order valence-corrected chi connectivity index (χ4v) is 3.39. The number of anilines is 2. The number of imide groups is 1. The van der Waals surface area contributed by atoms with Gasteiger partial charge in [0, 0.05) is 30.9 Å². The van der Waals surface area contributed by atoms with Crippen LogP contribution in [0.1, 0.15) is 25.7 Å². The van der Waals surface area contributed by atoms with Gasteiger partial charge in [0.05, 0.1) is 18.1 Å². The number of carbonyl (C=O) groups is 2. The van der Waals surface area contributed by atoms with Gasteiger partial charge >= 0.3 is 0 Å². The van der Waals surface area contributed by atoms with Crippen molar-refractivity contribution in [1.29, 1.82) is 0 Å². The van der Waals surface area contributed by atoms with Gasteiger partial charge in [0.2, 0.25) is 0 Å². The summed E-state index contributed by atoms with van der Waals surface area (Å²) in [5.41, 5.74) is 0.924. The van der Waals surface area contributed by atoms with Crippen LogP contribution < -0.4 is 10.2 Å². The van der Waals surface area contributed by atoms with Crippen LogP contribution in [0.4, 0.5) is 17.1 Å². The highest BCUT2D eigenvalue weighted by Crippen LogP contribution is 2.33.